The van der Waals surface area contributed by atoms with E-state index in [0.29, 0.717) is 11.8 Å². The molecule has 0 fully saturated rings. The van der Waals surface area contributed by atoms with Crippen LogP contribution in [0.25, 0.3) is 16.9 Å². The Kier molecular flexibility index (Phi) is 5.45. The highest BCUT2D eigenvalue weighted by molar-refractivity contribution is 5.61. The summed E-state index contributed by atoms with van der Waals surface area (Å²) in [7, 11) is 1.68. The van der Waals surface area contributed by atoms with Gasteiger partial charge in [0.05, 0.1) is 29.6 Å². The van der Waals surface area contributed by atoms with Crippen LogP contribution in [-0.4, -0.2) is 41.4 Å². The highest BCUT2D eigenvalue weighted by Gasteiger charge is 2.35. The number of hydrogen-bond acceptors (Lipinski definition) is 7. The van der Waals surface area contributed by atoms with Crippen LogP contribution in [0.1, 0.15) is 37.2 Å². The van der Waals surface area contributed by atoms with E-state index in [4.69, 9.17) is 0 Å². The van der Waals surface area contributed by atoms with E-state index in [-0.39, 0.29) is 17.6 Å². The van der Waals surface area contributed by atoms with Crippen molar-refractivity contribution in [3.05, 3.63) is 48.1 Å². The van der Waals surface area contributed by atoms with E-state index in [1.54, 1.807) is 13.2 Å². The number of hydrogen-bond donors (Lipinski definition) is 3. The molecule has 3 N–H and O–H groups in total. The lowest BCUT2D eigenvalue weighted by molar-refractivity contribution is -0.144. The van der Waals surface area contributed by atoms with Crippen LogP contribution in [0.15, 0.2) is 30.7 Å². The third-order valence-electron chi connectivity index (χ3n) is 4.98. The van der Waals surface area contributed by atoms with Crippen molar-refractivity contribution < 1.29 is 13.2 Å². The first-order valence-corrected chi connectivity index (χ1v) is 9.92. The molecule has 0 aliphatic rings. The van der Waals surface area contributed by atoms with Crippen molar-refractivity contribution in [2.75, 3.05) is 17.7 Å². The second-order valence-electron chi connectivity index (χ2n) is 7.63. The number of nitrogens with one attached hydrogen (secondary N) is 3. The number of aryl methyl sites for hydroxylation is 1. The number of halogens is 3. The lowest BCUT2D eigenvalue weighted by Gasteiger charge is -2.21. The smallest absolute Gasteiger partial charge is 0.357 e. The third kappa shape index (κ3) is 4.20. The van der Waals surface area contributed by atoms with Gasteiger partial charge in [-0.05, 0) is 25.0 Å². The summed E-state index contributed by atoms with van der Waals surface area (Å²) < 4.78 is 40.9. The van der Waals surface area contributed by atoms with Crippen LogP contribution in [-0.2, 0) is 6.18 Å². The maximum Gasteiger partial charge on any atom is 0.449 e. The van der Waals surface area contributed by atoms with E-state index >= 15 is 0 Å². The maximum absolute atomic E-state index is 13.0. The minimum Gasteiger partial charge on any atom is -0.357 e. The van der Waals surface area contributed by atoms with E-state index in [1.807, 2.05) is 43.5 Å². The van der Waals surface area contributed by atoms with Crippen LogP contribution < -0.4 is 10.6 Å². The van der Waals surface area contributed by atoms with Crippen molar-refractivity contribution >= 4 is 17.4 Å². The van der Waals surface area contributed by atoms with Crippen molar-refractivity contribution in [1.82, 2.24) is 34.3 Å². The van der Waals surface area contributed by atoms with Gasteiger partial charge in [0.2, 0.25) is 17.7 Å². The normalized spacial score (nSPS) is 13.0. The van der Waals surface area contributed by atoms with Gasteiger partial charge >= 0.3 is 6.18 Å². The van der Waals surface area contributed by atoms with Gasteiger partial charge in [0.15, 0.2) is 5.82 Å². The number of aromatic amines is 1. The van der Waals surface area contributed by atoms with Crippen LogP contribution in [0, 0.1) is 12.8 Å². The molecule has 0 bridgehead atoms. The number of pyridine rings is 1. The first kappa shape index (κ1) is 21.5. The molecular weight excluding hydrogens is 423 g/mol. The van der Waals surface area contributed by atoms with Crippen molar-refractivity contribution in [3.63, 3.8) is 0 Å². The number of anilines is 2. The fraction of sp³-hybridized carbons (Fsp3) is 0.350. The Morgan fingerprint density at radius 1 is 1.03 bits per heavy atom. The molecule has 0 aliphatic heterocycles. The predicted octanol–water partition coefficient (Wildman–Crippen LogP) is 4.09. The molecule has 0 unspecified atom stereocenters. The molecule has 0 spiro atoms. The molecule has 1 atom stereocenters. The zero-order valence-corrected chi connectivity index (χ0v) is 17.9. The monoisotopic (exact) mass is 445 g/mol. The van der Waals surface area contributed by atoms with Crippen LogP contribution in [0.3, 0.4) is 0 Å². The van der Waals surface area contributed by atoms with Crippen molar-refractivity contribution in [1.29, 1.82) is 0 Å². The molecule has 4 aromatic rings. The molecule has 12 heteroatoms. The second-order valence-corrected chi connectivity index (χ2v) is 7.63. The number of H-pyrrole nitrogens is 1. The highest BCUT2D eigenvalue weighted by atomic mass is 19.4. The summed E-state index contributed by atoms with van der Waals surface area (Å²) in [6, 6.07) is 3.25. The lowest BCUT2D eigenvalue weighted by atomic mass is 10.0. The average molecular weight is 445 g/mol. The van der Waals surface area contributed by atoms with Gasteiger partial charge in [-0.15, -0.1) is 0 Å². The third-order valence-corrected chi connectivity index (χ3v) is 4.98. The minimum atomic E-state index is -4.55. The number of rotatable bonds is 6. The van der Waals surface area contributed by atoms with Gasteiger partial charge in [0, 0.05) is 18.8 Å². The van der Waals surface area contributed by atoms with Crippen LogP contribution in [0.4, 0.5) is 25.1 Å². The predicted molar refractivity (Wildman–Crippen MR) is 113 cm³/mol. The van der Waals surface area contributed by atoms with Gasteiger partial charge in [-0.2, -0.15) is 28.1 Å². The van der Waals surface area contributed by atoms with Crippen LogP contribution in [0.5, 0.6) is 0 Å². The molecule has 0 aliphatic carbocycles. The number of nitrogens with zero attached hydrogens (tertiary/aromatic N) is 6. The molecule has 168 valence electrons. The van der Waals surface area contributed by atoms with Gasteiger partial charge in [-0.25, -0.2) is 9.97 Å². The Hall–Kier alpha value is -3.70. The number of alkyl halides is 3. The Morgan fingerprint density at radius 3 is 2.44 bits per heavy atom. The van der Waals surface area contributed by atoms with Crippen molar-refractivity contribution in [2.24, 2.45) is 5.92 Å². The molecule has 4 heterocycles. The Morgan fingerprint density at radius 2 is 1.78 bits per heavy atom. The van der Waals surface area contributed by atoms with Crippen LogP contribution in [0.2, 0.25) is 0 Å². The molecule has 0 amide bonds. The van der Waals surface area contributed by atoms with Gasteiger partial charge in [0.1, 0.15) is 5.82 Å². The summed E-state index contributed by atoms with van der Waals surface area (Å²) >= 11 is 0. The van der Waals surface area contributed by atoms with Gasteiger partial charge in [-0.1, -0.05) is 13.8 Å². The largest absolute Gasteiger partial charge is 0.449 e. The van der Waals surface area contributed by atoms with Gasteiger partial charge in [-0.3, -0.25) is 0 Å². The zero-order chi connectivity index (χ0) is 23.0. The van der Waals surface area contributed by atoms with E-state index in [9.17, 15) is 13.2 Å². The second kappa shape index (κ2) is 8.09. The van der Waals surface area contributed by atoms with Gasteiger partial charge < -0.3 is 20.0 Å². The Bertz CT molecular complexity index is 1240. The molecule has 0 saturated heterocycles. The summed E-state index contributed by atoms with van der Waals surface area (Å²) in [5.74, 6) is 0.648. The van der Waals surface area contributed by atoms with E-state index in [1.165, 1.54) is 6.20 Å². The topological polar surface area (TPSA) is 109 Å². The Labute approximate surface area is 181 Å². The summed E-state index contributed by atoms with van der Waals surface area (Å²) in [6.45, 7) is 5.65. The summed E-state index contributed by atoms with van der Waals surface area (Å²) in [5, 5.41) is 6.03. The SMILES string of the molecule is CNc1nc(N[C@@H](c2cnc(C(F)(F)F)[nH]2)C(C)C)nc(-c2ccc3cnc(C)n3c2)n1. The molecule has 0 aromatic carbocycles. The number of aromatic nitrogens is 7. The first-order chi connectivity index (χ1) is 15.2. The highest BCUT2D eigenvalue weighted by Crippen LogP contribution is 2.30. The maximum atomic E-state index is 13.0. The summed E-state index contributed by atoms with van der Waals surface area (Å²) in [6.07, 6.45) is 0.271. The lowest BCUT2D eigenvalue weighted by Crippen LogP contribution is -2.20. The number of imidazole rings is 2. The number of fused-ring (bicyclic) bond motifs is 1. The minimum absolute atomic E-state index is 0.0836. The van der Waals surface area contributed by atoms with Crippen molar-refractivity contribution in [3.8, 4) is 11.4 Å². The van der Waals surface area contributed by atoms with Crippen molar-refractivity contribution in [2.45, 2.75) is 33.0 Å². The molecular formula is C20H22F3N9. The fourth-order valence-corrected chi connectivity index (χ4v) is 3.31. The fourth-order valence-electron chi connectivity index (χ4n) is 3.31. The van der Waals surface area contributed by atoms with E-state index in [2.05, 4.69) is 40.5 Å². The molecule has 9 nitrogen and oxygen atoms in total. The standard InChI is InChI=1S/C20H22F3N9/c1-10(2)15(14-8-26-17(27-14)20(21,22)23)28-19-30-16(29-18(24-4)31-19)12-5-6-13-7-25-11(3)32(13)9-12/h5-10,15H,1-4H3,(H,26,27)(H2,24,28,29,30,31)/t15-/m1/s1. The van der Waals surface area contributed by atoms with E-state index in [0.717, 1.165) is 16.9 Å². The molecule has 0 radical (unpaired) electrons. The van der Waals surface area contributed by atoms with Crippen LogP contribution >= 0.6 is 0 Å². The zero-order valence-electron chi connectivity index (χ0n) is 17.9. The van der Waals surface area contributed by atoms with E-state index < -0.39 is 18.0 Å². The average Bonchev–Trinajstić information content (AvgIpc) is 3.38. The molecule has 4 rings (SSSR count). The summed E-state index contributed by atoms with van der Waals surface area (Å²) in [5.41, 5.74) is 1.96. The van der Waals surface area contributed by atoms with Gasteiger partial charge in [0.25, 0.3) is 0 Å². The quantitative estimate of drug-likeness (QED) is 0.410. The molecule has 0 saturated carbocycles. The molecule has 32 heavy (non-hydrogen) atoms. The first-order valence-electron chi connectivity index (χ1n) is 9.92. The summed E-state index contributed by atoms with van der Waals surface area (Å²) in [4.78, 5) is 23.4. The molecule has 4 aromatic heterocycles. The Balaban J connectivity index is 1.70.